The summed E-state index contributed by atoms with van der Waals surface area (Å²) in [4.78, 5) is 6.45. The van der Waals surface area contributed by atoms with Crippen molar-refractivity contribution < 1.29 is 18.6 Å². The molecule has 1 saturated heterocycles. The van der Waals surface area contributed by atoms with Crippen LogP contribution in [0.5, 0.6) is 0 Å². The van der Waals surface area contributed by atoms with Gasteiger partial charge in [-0.2, -0.15) is 0 Å². The van der Waals surface area contributed by atoms with Gasteiger partial charge in [0.2, 0.25) is 10.0 Å². The summed E-state index contributed by atoms with van der Waals surface area (Å²) in [6, 6.07) is 13.4. The molecular weight excluding hydrogens is 402 g/mol. The number of pyridine rings is 1. The Bertz CT molecular complexity index is 952. The number of aromatic nitrogens is 1. The summed E-state index contributed by atoms with van der Waals surface area (Å²) in [5.41, 5.74) is 1.44. The second-order valence-electron chi connectivity index (χ2n) is 8.90. The zero-order chi connectivity index (χ0) is 21.4. The number of β-amino-alcohol motifs (C(OH)–C–C–N with tert-alkyl or cyclic N) is 1. The minimum absolute atomic E-state index is 0.377. The molecule has 2 aromatic rings. The number of hydrogen-bond acceptors (Lipinski definition) is 6. The summed E-state index contributed by atoms with van der Waals surface area (Å²) < 4.78 is 24.9. The molecule has 0 bridgehead atoms. The molecule has 4 rings (SSSR count). The average molecular weight is 432 g/mol. The zero-order valence-corrected chi connectivity index (χ0v) is 17.9. The fourth-order valence-corrected chi connectivity index (χ4v) is 5.59. The first-order chi connectivity index (χ1) is 14.2. The largest absolute Gasteiger partial charge is 0.390 e. The number of sulfonamides is 1. The van der Waals surface area contributed by atoms with E-state index in [0.717, 1.165) is 32.2 Å². The summed E-state index contributed by atoms with van der Waals surface area (Å²) in [7, 11) is -3.35. The highest BCUT2D eigenvalue weighted by molar-refractivity contribution is 7.92. The van der Waals surface area contributed by atoms with Crippen LogP contribution in [0.3, 0.4) is 0 Å². The Kier molecular flexibility index (Phi) is 5.85. The Labute approximate surface area is 177 Å². The molecule has 1 aromatic carbocycles. The second-order valence-corrected chi connectivity index (χ2v) is 10.6. The summed E-state index contributed by atoms with van der Waals surface area (Å²) >= 11 is 0. The van der Waals surface area contributed by atoms with Gasteiger partial charge in [-0.3, -0.25) is 14.6 Å². The van der Waals surface area contributed by atoms with Crippen LogP contribution in [-0.4, -0.2) is 60.0 Å². The van der Waals surface area contributed by atoms with Crippen LogP contribution < -0.4 is 4.72 Å². The van der Waals surface area contributed by atoms with Crippen molar-refractivity contribution in [1.82, 2.24) is 9.88 Å². The van der Waals surface area contributed by atoms with Crippen LogP contribution in [0.4, 0.5) is 5.69 Å². The Hall–Kier alpha value is -2.00. The van der Waals surface area contributed by atoms with E-state index >= 15 is 0 Å². The van der Waals surface area contributed by atoms with E-state index in [1.54, 1.807) is 12.1 Å². The third-order valence-electron chi connectivity index (χ3n) is 6.17. The monoisotopic (exact) mass is 431 g/mol. The molecule has 30 heavy (non-hydrogen) atoms. The van der Waals surface area contributed by atoms with E-state index in [0.29, 0.717) is 36.2 Å². The molecule has 1 saturated carbocycles. The molecule has 1 aliphatic heterocycles. The Morgan fingerprint density at radius 3 is 2.40 bits per heavy atom. The van der Waals surface area contributed by atoms with Crippen LogP contribution in [0.25, 0.3) is 0 Å². The third-order valence-corrected chi connectivity index (χ3v) is 6.78. The van der Waals surface area contributed by atoms with Crippen molar-refractivity contribution in [3.63, 3.8) is 0 Å². The third kappa shape index (κ3) is 5.18. The molecule has 0 radical (unpaired) electrons. The number of hydrogen-bond donors (Lipinski definition) is 3. The van der Waals surface area contributed by atoms with Crippen molar-refractivity contribution in [2.45, 2.75) is 31.0 Å². The first kappa shape index (κ1) is 21.2. The summed E-state index contributed by atoms with van der Waals surface area (Å²) in [6.45, 7) is 2.22. The lowest BCUT2D eigenvalue weighted by atomic mass is 9.91. The maximum atomic E-state index is 11.3. The number of nitrogens with one attached hydrogen (secondary N) is 1. The van der Waals surface area contributed by atoms with E-state index in [9.17, 15) is 18.6 Å². The van der Waals surface area contributed by atoms with Crippen LogP contribution >= 0.6 is 0 Å². The number of fused-ring (bicyclic) bond motifs is 1. The first-order valence-electron chi connectivity index (χ1n) is 10.3. The van der Waals surface area contributed by atoms with Crippen molar-refractivity contribution >= 4 is 15.7 Å². The summed E-state index contributed by atoms with van der Waals surface area (Å²) in [5, 5.41) is 21.6. The van der Waals surface area contributed by atoms with Gasteiger partial charge < -0.3 is 10.2 Å². The zero-order valence-electron chi connectivity index (χ0n) is 17.1. The summed E-state index contributed by atoms with van der Waals surface area (Å²) in [6.07, 6.45) is 4.05. The lowest BCUT2D eigenvalue weighted by Gasteiger charge is -2.27. The Morgan fingerprint density at radius 1 is 1.17 bits per heavy atom. The fraction of sp³-hybridized carbons (Fsp3) is 0.500. The molecule has 0 amide bonds. The van der Waals surface area contributed by atoms with Crippen molar-refractivity contribution in [3.05, 3.63) is 59.9 Å². The van der Waals surface area contributed by atoms with Gasteiger partial charge in [0.1, 0.15) is 6.10 Å². The molecule has 2 aliphatic rings. The first-order valence-corrected chi connectivity index (χ1v) is 12.2. The molecular formula is C22H29N3O4S. The van der Waals surface area contributed by atoms with E-state index in [2.05, 4.69) is 26.7 Å². The topological polar surface area (TPSA) is 103 Å². The molecule has 4 atom stereocenters. The minimum Gasteiger partial charge on any atom is -0.390 e. The van der Waals surface area contributed by atoms with Gasteiger partial charge in [0.15, 0.2) is 0 Å². The smallest absolute Gasteiger partial charge is 0.229 e. The molecule has 7 nitrogen and oxygen atoms in total. The number of benzene rings is 1. The molecule has 162 valence electrons. The fourth-order valence-electron chi connectivity index (χ4n) is 5.04. The van der Waals surface area contributed by atoms with Crippen molar-refractivity contribution in [1.29, 1.82) is 0 Å². The Morgan fingerprint density at radius 2 is 1.83 bits per heavy atom. The molecule has 2 fully saturated rings. The molecule has 1 unspecified atom stereocenters. The number of nitrogens with zero attached hydrogens (tertiary/aromatic N) is 2. The maximum Gasteiger partial charge on any atom is 0.229 e. The van der Waals surface area contributed by atoms with Crippen molar-refractivity contribution in [2.24, 2.45) is 11.8 Å². The lowest BCUT2D eigenvalue weighted by Crippen LogP contribution is -2.33. The lowest BCUT2D eigenvalue weighted by molar-refractivity contribution is 0.0327. The number of aliphatic hydroxyl groups is 2. The van der Waals surface area contributed by atoms with E-state index in [1.807, 2.05) is 18.2 Å². The van der Waals surface area contributed by atoms with Gasteiger partial charge in [0, 0.05) is 26.1 Å². The van der Waals surface area contributed by atoms with Gasteiger partial charge in [-0.25, -0.2) is 8.42 Å². The minimum atomic E-state index is -3.35. The average Bonchev–Trinajstić information content (AvgIpc) is 3.15. The van der Waals surface area contributed by atoms with Crippen LogP contribution in [-0.2, 0) is 16.4 Å². The molecule has 1 aliphatic carbocycles. The van der Waals surface area contributed by atoms with Gasteiger partial charge in [-0.05, 0) is 42.4 Å². The van der Waals surface area contributed by atoms with Gasteiger partial charge in [0.05, 0.1) is 29.4 Å². The predicted molar refractivity (Wildman–Crippen MR) is 115 cm³/mol. The SMILES string of the molecule is CS(=O)(=O)Nc1ccc(C(O)CN2C[C@@H]3C[C@](O)(Cc4ccccc4)C[C@@H]3C2)nc1. The van der Waals surface area contributed by atoms with E-state index < -0.39 is 21.7 Å². The number of anilines is 1. The van der Waals surface area contributed by atoms with Crippen molar-refractivity contribution in [3.8, 4) is 0 Å². The normalized spacial score (nSPS) is 27.7. The molecule has 3 N–H and O–H groups in total. The van der Waals surface area contributed by atoms with Crippen LogP contribution in [0.15, 0.2) is 48.7 Å². The highest BCUT2D eigenvalue weighted by Crippen LogP contribution is 2.45. The molecule has 2 heterocycles. The molecule has 1 aromatic heterocycles. The second kappa shape index (κ2) is 8.26. The van der Waals surface area contributed by atoms with Gasteiger partial charge in [0.25, 0.3) is 0 Å². The van der Waals surface area contributed by atoms with E-state index in [1.165, 1.54) is 11.8 Å². The Balaban J connectivity index is 1.30. The van der Waals surface area contributed by atoms with Crippen molar-refractivity contribution in [2.75, 3.05) is 30.6 Å². The standard InChI is InChI=1S/C22H29N3O4S/c1-30(28,29)24-19-7-8-20(23-12-19)21(26)15-25-13-17-10-22(27,11-18(17)14-25)9-16-5-3-2-4-6-16/h2-8,12,17-18,21,24,26-27H,9-11,13-15H2,1H3/t17-,18+,21?,22+. The number of likely N-dealkylation sites (tertiary alicyclic amines) is 1. The predicted octanol–water partition coefficient (Wildman–Crippen LogP) is 1.80. The van der Waals surface area contributed by atoms with Crippen LogP contribution in [0, 0.1) is 11.8 Å². The quantitative estimate of drug-likeness (QED) is 0.618. The van der Waals surface area contributed by atoms with Gasteiger partial charge in [-0.1, -0.05) is 30.3 Å². The van der Waals surface area contributed by atoms with Crippen LogP contribution in [0.2, 0.25) is 0 Å². The number of rotatable bonds is 7. The molecule has 8 heteroatoms. The van der Waals surface area contributed by atoms with Gasteiger partial charge >= 0.3 is 0 Å². The number of aliphatic hydroxyl groups excluding tert-OH is 1. The van der Waals surface area contributed by atoms with Crippen LogP contribution in [0.1, 0.15) is 30.2 Å². The van der Waals surface area contributed by atoms with E-state index in [-0.39, 0.29) is 0 Å². The highest BCUT2D eigenvalue weighted by Gasteiger charge is 2.48. The molecule has 0 spiro atoms. The van der Waals surface area contributed by atoms with Gasteiger partial charge in [-0.15, -0.1) is 0 Å². The highest BCUT2D eigenvalue weighted by atomic mass is 32.2. The maximum absolute atomic E-state index is 11.3. The van der Waals surface area contributed by atoms with E-state index in [4.69, 9.17) is 0 Å². The summed E-state index contributed by atoms with van der Waals surface area (Å²) in [5.74, 6) is 0.889.